The highest BCUT2D eigenvalue weighted by molar-refractivity contribution is 9.10. The molecule has 0 bridgehead atoms. The average Bonchev–Trinajstić information content (AvgIpc) is 2.40. The first kappa shape index (κ1) is 12.8. The molecule has 0 N–H and O–H groups in total. The van der Waals surface area contributed by atoms with Gasteiger partial charge in [0, 0.05) is 0 Å². The second kappa shape index (κ2) is 5.35. The molecular formula is C13H13BrN2O2. The zero-order valence-corrected chi connectivity index (χ0v) is 11.8. The van der Waals surface area contributed by atoms with Gasteiger partial charge in [-0.2, -0.15) is 5.10 Å². The molecule has 0 saturated heterocycles. The van der Waals surface area contributed by atoms with Crippen LogP contribution in [0.15, 0.2) is 39.7 Å². The number of halogens is 1. The normalized spacial score (nSPS) is 10.4. The third-order valence-electron chi connectivity index (χ3n) is 2.65. The van der Waals surface area contributed by atoms with Gasteiger partial charge in [-0.05, 0) is 46.1 Å². The van der Waals surface area contributed by atoms with Crippen molar-refractivity contribution in [1.82, 2.24) is 9.78 Å². The molecule has 0 radical (unpaired) electrons. The summed E-state index contributed by atoms with van der Waals surface area (Å²) in [6.07, 6.45) is 1.68. The fraction of sp³-hybridized carbons (Fsp3) is 0.231. The predicted molar refractivity (Wildman–Crippen MR) is 73.0 cm³/mol. The minimum atomic E-state index is -0.120. The number of methoxy groups -OCH3 is 1. The van der Waals surface area contributed by atoms with Crippen molar-refractivity contribution in [2.45, 2.75) is 13.5 Å². The Hall–Kier alpha value is -1.62. The Balaban J connectivity index is 2.28. The van der Waals surface area contributed by atoms with Crippen molar-refractivity contribution >= 4 is 15.9 Å². The monoisotopic (exact) mass is 308 g/mol. The SMILES string of the molecule is COc1ccc(Cn2ncc(C)c(Br)c2=O)cc1. The number of aryl methyl sites for hydroxylation is 1. The van der Waals surface area contributed by atoms with E-state index in [1.807, 2.05) is 31.2 Å². The standard InChI is InChI=1S/C13H13BrN2O2/c1-9-7-15-16(13(17)12(9)14)8-10-3-5-11(18-2)6-4-10/h3-7H,8H2,1-2H3. The van der Waals surface area contributed by atoms with Gasteiger partial charge in [0.2, 0.25) is 0 Å². The molecule has 2 aromatic rings. The summed E-state index contributed by atoms with van der Waals surface area (Å²) in [7, 11) is 1.62. The van der Waals surface area contributed by atoms with Crippen molar-refractivity contribution < 1.29 is 4.74 Å². The highest BCUT2D eigenvalue weighted by Crippen LogP contribution is 2.12. The van der Waals surface area contributed by atoms with E-state index in [-0.39, 0.29) is 5.56 Å². The molecular weight excluding hydrogens is 296 g/mol. The molecule has 4 nitrogen and oxygen atoms in total. The molecule has 0 amide bonds. The van der Waals surface area contributed by atoms with Crippen LogP contribution in [-0.2, 0) is 6.54 Å². The zero-order valence-electron chi connectivity index (χ0n) is 10.2. The molecule has 0 saturated carbocycles. The zero-order chi connectivity index (χ0) is 13.1. The van der Waals surface area contributed by atoms with E-state index < -0.39 is 0 Å². The van der Waals surface area contributed by atoms with Gasteiger partial charge < -0.3 is 4.74 Å². The first-order chi connectivity index (χ1) is 8.61. The van der Waals surface area contributed by atoms with Gasteiger partial charge in [-0.15, -0.1) is 0 Å². The van der Waals surface area contributed by atoms with Crippen LogP contribution in [0.25, 0.3) is 0 Å². The van der Waals surface area contributed by atoms with Crippen LogP contribution in [-0.4, -0.2) is 16.9 Å². The summed E-state index contributed by atoms with van der Waals surface area (Å²) >= 11 is 3.27. The molecule has 0 spiro atoms. The van der Waals surface area contributed by atoms with Crippen LogP contribution in [0, 0.1) is 6.92 Å². The minimum Gasteiger partial charge on any atom is -0.497 e. The summed E-state index contributed by atoms with van der Waals surface area (Å²) < 4.78 is 7.08. The lowest BCUT2D eigenvalue weighted by atomic mass is 10.2. The predicted octanol–water partition coefficient (Wildman–Crippen LogP) is 2.37. The molecule has 1 heterocycles. The third-order valence-corrected chi connectivity index (χ3v) is 3.62. The molecule has 2 rings (SSSR count). The molecule has 94 valence electrons. The Labute approximate surface area is 113 Å². The molecule has 0 unspecified atom stereocenters. The van der Waals surface area contributed by atoms with Crippen molar-refractivity contribution in [3.63, 3.8) is 0 Å². The fourth-order valence-electron chi connectivity index (χ4n) is 1.56. The number of nitrogens with zero attached hydrogens (tertiary/aromatic N) is 2. The second-order valence-electron chi connectivity index (χ2n) is 3.95. The maximum atomic E-state index is 11.9. The van der Waals surface area contributed by atoms with Gasteiger partial charge in [-0.3, -0.25) is 4.79 Å². The van der Waals surface area contributed by atoms with Gasteiger partial charge >= 0.3 is 0 Å². The molecule has 0 aliphatic carbocycles. The van der Waals surface area contributed by atoms with Gasteiger partial charge in [0.05, 0.1) is 24.3 Å². The van der Waals surface area contributed by atoms with Gasteiger partial charge in [-0.1, -0.05) is 12.1 Å². The van der Waals surface area contributed by atoms with Crippen LogP contribution in [0.4, 0.5) is 0 Å². The lowest BCUT2D eigenvalue weighted by Crippen LogP contribution is -2.24. The number of rotatable bonds is 3. The maximum Gasteiger partial charge on any atom is 0.281 e. The van der Waals surface area contributed by atoms with Crippen molar-refractivity contribution in [3.05, 3.63) is 56.4 Å². The van der Waals surface area contributed by atoms with E-state index in [1.54, 1.807) is 13.3 Å². The van der Waals surface area contributed by atoms with E-state index >= 15 is 0 Å². The summed E-state index contributed by atoms with van der Waals surface area (Å²) in [4.78, 5) is 11.9. The van der Waals surface area contributed by atoms with Crippen LogP contribution in [0.5, 0.6) is 5.75 Å². The van der Waals surface area contributed by atoms with Crippen LogP contribution in [0.2, 0.25) is 0 Å². The lowest BCUT2D eigenvalue weighted by molar-refractivity contribution is 0.414. The Bertz CT molecular complexity index is 605. The lowest BCUT2D eigenvalue weighted by Gasteiger charge is -2.07. The highest BCUT2D eigenvalue weighted by Gasteiger charge is 2.06. The van der Waals surface area contributed by atoms with Crippen LogP contribution < -0.4 is 10.3 Å². The van der Waals surface area contributed by atoms with Crippen molar-refractivity contribution in [2.24, 2.45) is 0 Å². The number of ether oxygens (including phenoxy) is 1. The molecule has 1 aromatic carbocycles. The third kappa shape index (κ3) is 2.61. The van der Waals surface area contributed by atoms with E-state index in [1.165, 1.54) is 4.68 Å². The largest absolute Gasteiger partial charge is 0.497 e. The second-order valence-corrected chi connectivity index (χ2v) is 4.75. The summed E-state index contributed by atoms with van der Waals surface area (Å²) in [5, 5.41) is 4.12. The van der Waals surface area contributed by atoms with E-state index in [2.05, 4.69) is 21.0 Å². The average molecular weight is 309 g/mol. The maximum absolute atomic E-state index is 11.9. The molecule has 0 aliphatic rings. The number of benzene rings is 1. The number of hydrogen-bond donors (Lipinski definition) is 0. The highest BCUT2D eigenvalue weighted by atomic mass is 79.9. The van der Waals surface area contributed by atoms with Crippen LogP contribution >= 0.6 is 15.9 Å². The van der Waals surface area contributed by atoms with E-state index in [0.717, 1.165) is 16.9 Å². The molecule has 0 fully saturated rings. The summed E-state index contributed by atoms with van der Waals surface area (Å²) in [5.41, 5.74) is 1.72. The Morgan fingerprint density at radius 2 is 2.00 bits per heavy atom. The summed E-state index contributed by atoms with van der Waals surface area (Å²) in [5.74, 6) is 0.796. The summed E-state index contributed by atoms with van der Waals surface area (Å²) in [6, 6.07) is 7.56. The van der Waals surface area contributed by atoms with E-state index in [9.17, 15) is 4.79 Å². The quantitative estimate of drug-likeness (QED) is 0.874. The molecule has 0 atom stereocenters. The minimum absolute atomic E-state index is 0.120. The Morgan fingerprint density at radius 1 is 1.33 bits per heavy atom. The van der Waals surface area contributed by atoms with Gasteiger partial charge in [-0.25, -0.2) is 4.68 Å². The first-order valence-corrected chi connectivity index (χ1v) is 6.26. The molecule has 0 aliphatic heterocycles. The smallest absolute Gasteiger partial charge is 0.281 e. The summed E-state index contributed by atoms with van der Waals surface area (Å²) in [6.45, 7) is 2.29. The van der Waals surface area contributed by atoms with Crippen LogP contribution in [0.1, 0.15) is 11.1 Å². The van der Waals surface area contributed by atoms with Gasteiger partial charge in [0.15, 0.2) is 0 Å². The van der Waals surface area contributed by atoms with Crippen molar-refractivity contribution in [2.75, 3.05) is 7.11 Å². The van der Waals surface area contributed by atoms with E-state index in [0.29, 0.717) is 11.0 Å². The number of hydrogen-bond acceptors (Lipinski definition) is 3. The fourth-order valence-corrected chi connectivity index (χ4v) is 1.87. The van der Waals surface area contributed by atoms with Crippen LogP contribution in [0.3, 0.4) is 0 Å². The van der Waals surface area contributed by atoms with Crippen molar-refractivity contribution in [1.29, 1.82) is 0 Å². The van der Waals surface area contributed by atoms with E-state index in [4.69, 9.17) is 4.74 Å². The first-order valence-electron chi connectivity index (χ1n) is 5.47. The molecule has 1 aromatic heterocycles. The van der Waals surface area contributed by atoms with Gasteiger partial charge in [0.25, 0.3) is 5.56 Å². The topological polar surface area (TPSA) is 44.1 Å². The Kier molecular flexibility index (Phi) is 3.81. The van der Waals surface area contributed by atoms with Gasteiger partial charge in [0.1, 0.15) is 5.75 Å². The molecule has 5 heteroatoms. The number of aromatic nitrogens is 2. The molecule has 18 heavy (non-hydrogen) atoms. The Morgan fingerprint density at radius 3 is 2.61 bits per heavy atom. The van der Waals surface area contributed by atoms with Crippen molar-refractivity contribution in [3.8, 4) is 5.75 Å².